The van der Waals surface area contributed by atoms with E-state index in [0.717, 1.165) is 29.0 Å². The largest absolute Gasteiger partial charge is 0.493 e. The van der Waals surface area contributed by atoms with Crippen molar-refractivity contribution in [2.45, 2.75) is 6.42 Å². The van der Waals surface area contributed by atoms with Crippen LogP contribution in [0.15, 0.2) is 101 Å². The molecule has 1 amide bonds. The van der Waals surface area contributed by atoms with Gasteiger partial charge in [0.2, 0.25) is 0 Å². The first kappa shape index (κ1) is 26.1. The van der Waals surface area contributed by atoms with Crippen molar-refractivity contribution in [1.82, 2.24) is 4.90 Å². The van der Waals surface area contributed by atoms with Crippen molar-refractivity contribution in [2.24, 2.45) is 4.99 Å². The van der Waals surface area contributed by atoms with Crippen LogP contribution >= 0.6 is 11.8 Å². The highest BCUT2D eigenvalue weighted by molar-refractivity contribution is 8.17. The first-order valence-corrected chi connectivity index (χ1v) is 13.3. The van der Waals surface area contributed by atoms with Gasteiger partial charge in [-0.15, -0.1) is 6.58 Å². The van der Waals surface area contributed by atoms with Gasteiger partial charge >= 0.3 is 0 Å². The van der Waals surface area contributed by atoms with Crippen molar-refractivity contribution in [3.05, 3.63) is 113 Å². The summed E-state index contributed by atoms with van der Waals surface area (Å²) in [6.45, 7) is 4.48. The Kier molecular flexibility index (Phi) is 7.94. The molecular weight excluding hydrogens is 510 g/mol. The second-order valence-electron chi connectivity index (χ2n) is 8.64. The lowest BCUT2D eigenvalue weighted by Gasteiger charge is -2.27. The Morgan fingerprint density at radius 3 is 2.49 bits per heavy atom. The number of hydrogen-bond acceptors (Lipinski definition) is 6. The number of benzene rings is 3. The van der Waals surface area contributed by atoms with Gasteiger partial charge in [0.05, 0.1) is 18.4 Å². The number of aliphatic imine (C=N–C) groups is 1. The maximum absolute atomic E-state index is 12.8. The van der Waals surface area contributed by atoms with Crippen molar-refractivity contribution in [1.29, 1.82) is 5.41 Å². The van der Waals surface area contributed by atoms with Gasteiger partial charge < -0.3 is 14.2 Å². The second-order valence-corrected chi connectivity index (χ2v) is 9.47. The molecule has 5 rings (SSSR count). The summed E-state index contributed by atoms with van der Waals surface area (Å²) in [4.78, 5) is 18.8. The van der Waals surface area contributed by atoms with Crippen LogP contribution in [0.4, 0.5) is 0 Å². The van der Waals surface area contributed by atoms with E-state index < -0.39 is 5.91 Å². The fraction of sp³-hybridized carbons (Fsp3) is 0.129. The van der Waals surface area contributed by atoms with Gasteiger partial charge in [0.1, 0.15) is 24.8 Å². The molecule has 2 aliphatic heterocycles. The minimum atomic E-state index is -0.449. The molecule has 0 radical (unpaired) electrons. The smallest absolute Gasteiger partial charge is 0.283 e. The summed E-state index contributed by atoms with van der Waals surface area (Å²) in [7, 11) is 1.56. The summed E-state index contributed by atoms with van der Waals surface area (Å²) in [6.07, 6.45) is 4.23. The number of ether oxygens (including phenoxy) is 3. The van der Waals surface area contributed by atoms with Crippen molar-refractivity contribution in [2.75, 3.05) is 20.3 Å². The maximum atomic E-state index is 12.8. The number of carbonyl (C=O) groups is 1. The number of para-hydroxylation sites is 1. The van der Waals surface area contributed by atoms with Gasteiger partial charge in [-0.05, 0) is 47.4 Å². The third-order valence-electron chi connectivity index (χ3n) is 6.12. The van der Waals surface area contributed by atoms with E-state index in [1.54, 1.807) is 30.2 Å². The van der Waals surface area contributed by atoms with E-state index >= 15 is 0 Å². The molecule has 0 bridgehead atoms. The van der Waals surface area contributed by atoms with Gasteiger partial charge in [-0.2, -0.15) is 4.99 Å². The maximum Gasteiger partial charge on any atom is 0.283 e. The van der Waals surface area contributed by atoms with Gasteiger partial charge in [0.15, 0.2) is 16.7 Å². The summed E-state index contributed by atoms with van der Waals surface area (Å²) in [6, 6.07) is 23.0. The molecule has 0 atom stereocenters. The summed E-state index contributed by atoms with van der Waals surface area (Å²) < 4.78 is 17.4. The number of allylic oxidation sites excluding steroid dienone is 1. The topological polar surface area (TPSA) is 84.2 Å². The van der Waals surface area contributed by atoms with Gasteiger partial charge in [-0.1, -0.05) is 72.4 Å². The SMILES string of the molecule is C=CCc1ccccc1OCCOc1ccc(/C=C2/C(=N)N3C(c4ccccc4)=CSC3=NC2=O)cc1OC. The number of rotatable bonds is 10. The summed E-state index contributed by atoms with van der Waals surface area (Å²) >= 11 is 1.34. The molecule has 3 aromatic rings. The Bertz CT molecular complexity index is 1510. The number of amidine groups is 2. The quantitative estimate of drug-likeness (QED) is 0.189. The third kappa shape index (κ3) is 5.66. The van der Waals surface area contributed by atoms with E-state index in [-0.39, 0.29) is 11.4 Å². The van der Waals surface area contributed by atoms with Gasteiger partial charge in [-0.25, -0.2) is 0 Å². The monoisotopic (exact) mass is 537 g/mol. The van der Waals surface area contributed by atoms with Gasteiger partial charge in [-0.3, -0.25) is 15.1 Å². The van der Waals surface area contributed by atoms with Gasteiger partial charge in [0, 0.05) is 5.41 Å². The van der Waals surface area contributed by atoms with Crippen LogP contribution in [0, 0.1) is 5.41 Å². The molecule has 0 saturated heterocycles. The molecule has 2 heterocycles. The number of amides is 1. The zero-order valence-electron chi connectivity index (χ0n) is 21.4. The highest BCUT2D eigenvalue weighted by Crippen LogP contribution is 2.37. The average Bonchev–Trinajstić information content (AvgIpc) is 3.39. The third-order valence-corrected chi connectivity index (χ3v) is 6.94. The molecule has 0 saturated carbocycles. The Hall–Kier alpha value is -4.56. The predicted octanol–water partition coefficient (Wildman–Crippen LogP) is 6.19. The Balaban J connectivity index is 1.29. The molecule has 196 valence electrons. The fourth-order valence-electron chi connectivity index (χ4n) is 4.25. The summed E-state index contributed by atoms with van der Waals surface area (Å²) in [5.41, 5.74) is 3.73. The molecule has 2 aliphatic rings. The first-order chi connectivity index (χ1) is 19.1. The predicted molar refractivity (Wildman–Crippen MR) is 156 cm³/mol. The molecule has 7 nitrogen and oxygen atoms in total. The average molecular weight is 538 g/mol. The van der Waals surface area contributed by atoms with Crippen molar-refractivity contribution < 1.29 is 19.0 Å². The first-order valence-electron chi connectivity index (χ1n) is 12.4. The van der Waals surface area contributed by atoms with Crippen LogP contribution in [0.5, 0.6) is 17.2 Å². The summed E-state index contributed by atoms with van der Waals surface area (Å²) in [5.74, 6) is 1.50. The summed E-state index contributed by atoms with van der Waals surface area (Å²) in [5, 5.41) is 11.2. The van der Waals surface area contributed by atoms with Crippen LogP contribution in [0.3, 0.4) is 0 Å². The molecule has 39 heavy (non-hydrogen) atoms. The Morgan fingerprint density at radius 2 is 1.72 bits per heavy atom. The lowest BCUT2D eigenvalue weighted by molar-refractivity contribution is -0.114. The van der Waals surface area contributed by atoms with Crippen LogP contribution in [0.2, 0.25) is 0 Å². The van der Waals surface area contributed by atoms with E-state index in [9.17, 15) is 4.79 Å². The number of nitrogens with one attached hydrogen (secondary N) is 1. The Morgan fingerprint density at radius 1 is 0.974 bits per heavy atom. The number of thioether (sulfide) groups is 1. The highest BCUT2D eigenvalue weighted by Gasteiger charge is 2.36. The molecule has 8 heteroatoms. The zero-order valence-corrected chi connectivity index (χ0v) is 22.2. The molecule has 0 fully saturated rings. The van der Waals surface area contributed by atoms with E-state index in [1.807, 2.05) is 72.1 Å². The normalized spacial score (nSPS) is 15.5. The van der Waals surface area contributed by atoms with Crippen LogP contribution in [0.25, 0.3) is 11.8 Å². The molecular formula is C31H27N3O4S. The fourth-order valence-corrected chi connectivity index (χ4v) is 5.14. The molecule has 0 aliphatic carbocycles. The molecule has 3 aromatic carbocycles. The number of hydrogen-bond donors (Lipinski definition) is 1. The van der Waals surface area contributed by atoms with Crippen molar-refractivity contribution >= 4 is 40.4 Å². The van der Waals surface area contributed by atoms with E-state index in [0.29, 0.717) is 35.4 Å². The number of carbonyl (C=O) groups excluding carboxylic acids is 1. The van der Waals surface area contributed by atoms with E-state index in [2.05, 4.69) is 11.6 Å². The highest BCUT2D eigenvalue weighted by atomic mass is 32.2. The van der Waals surface area contributed by atoms with Crippen LogP contribution in [-0.4, -0.2) is 42.1 Å². The van der Waals surface area contributed by atoms with E-state index in [1.165, 1.54) is 11.8 Å². The molecule has 0 unspecified atom stereocenters. The zero-order chi connectivity index (χ0) is 27.2. The number of methoxy groups -OCH3 is 1. The minimum absolute atomic E-state index is 0.0817. The van der Waals surface area contributed by atoms with Gasteiger partial charge in [0.25, 0.3) is 5.91 Å². The number of fused-ring (bicyclic) bond motifs is 1. The lowest BCUT2D eigenvalue weighted by atomic mass is 10.1. The minimum Gasteiger partial charge on any atom is -0.493 e. The molecule has 0 aromatic heterocycles. The molecule has 0 spiro atoms. The van der Waals surface area contributed by atoms with Crippen LogP contribution in [-0.2, 0) is 11.2 Å². The van der Waals surface area contributed by atoms with E-state index in [4.69, 9.17) is 19.6 Å². The van der Waals surface area contributed by atoms with Crippen molar-refractivity contribution in [3.63, 3.8) is 0 Å². The number of nitrogens with zero attached hydrogens (tertiary/aromatic N) is 2. The van der Waals surface area contributed by atoms with Crippen LogP contribution in [0.1, 0.15) is 16.7 Å². The standard InChI is InChI=1S/C31H27N3O4S/c1-3-9-23-12-7-8-13-26(23)37-16-17-38-27-15-14-21(19-28(27)36-2)18-24-29(32)34-25(22-10-5-4-6-11-22)20-39-31(34)33-30(24)35/h3-8,10-15,18-20,32H,1,9,16-17H2,2H3/b24-18-,32-29?. The van der Waals surface area contributed by atoms with Crippen molar-refractivity contribution in [3.8, 4) is 17.2 Å². The Labute approximate surface area is 231 Å². The second kappa shape index (κ2) is 11.9. The van der Waals surface area contributed by atoms with Crippen LogP contribution < -0.4 is 14.2 Å². The lowest BCUT2D eigenvalue weighted by Crippen LogP contribution is -2.38. The molecule has 1 N–H and O–H groups in total.